The number of benzene rings is 1. The van der Waals surface area contributed by atoms with Crippen LogP contribution in [0.3, 0.4) is 0 Å². The number of alkyl halides is 1. The van der Waals surface area contributed by atoms with Crippen LogP contribution in [0.1, 0.15) is 19.8 Å². The molecule has 0 saturated carbocycles. The van der Waals surface area contributed by atoms with Crippen LogP contribution < -0.4 is 4.74 Å². The Kier molecular flexibility index (Phi) is 5.51. The van der Waals surface area contributed by atoms with Crippen LogP contribution in [0.15, 0.2) is 30.3 Å². The van der Waals surface area contributed by atoms with Gasteiger partial charge in [0.15, 0.2) is 0 Å². The summed E-state index contributed by atoms with van der Waals surface area (Å²) in [4.78, 5) is 3.26. The van der Waals surface area contributed by atoms with Crippen LogP contribution in [-0.4, -0.2) is 36.0 Å². The molecule has 18 heavy (non-hydrogen) atoms. The molecular weight excluding hydrogens is 290 g/mol. The third-order valence-corrected chi connectivity index (χ3v) is 4.88. The van der Waals surface area contributed by atoms with E-state index in [2.05, 4.69) is 27.8 Å². The van der Waals surface area contributed by atoms with Gasteiger partial charge in [0.2, 0.25) is 0 Å². The molecule has 1 heterocycles. The van der Waals surface area contributed by atoms with Crippen LogP contribution in [0, 0.1) is 5.92 Å². The van der Waals surface area contributed by atoms with Crippen molar-refractivity contribution in [1.29, 1.82) is 0 Å². The molecule has 0 amide bonds. The van der Waals surface area contributed by atoms with Crippen molar-refractivity contribution in [1.82, 2.24) is 4.90 Å². The highest BCUT2D eigenvalue weighted by molar-refractivity contribution is 9.09. The zero-order chi connectivity index (χ0) is 12.8. The maximum absolute atomic E-state index is 5.71. The molecular formula is C15H22BrNO. The average molecular weight is 312 g/mol. The first-order valence-electron chi connectivity index (χ1n) is 6.80. The number of rotatable bonds is 5. The average Bonchev–Trinajstić information content (AvgIpc) is 2.40. The lowest BCUT2D eigenvalue weighted by Crippen LogP contribution is -2.40. The van der Waals surface area contributed by atoms with Crippen LogP contribution in [0.5, 0.6) is 5.75 Å². The summed E-state index contributed by atoms with van der Waals surface area (Å²) in [6.45, 7) is 6.71. The monoisotopic (exact) mass is 311 g/mol. The Labute approximate surface area is 118 Å². The molecule has 0 spiro atoms. The van der Waals surface area contributed by atoms with Gasteiger partial charge in [0.05, 0.1) is 6.61 Å². The molecule has 2 unspecified atom stereocenters. The van der Waals surface area contributed by atoms with E-state index in [9.17, 15) is 0 Å². The SMILES string of the molecule is CC1CN(CCCOc2ccccc2)CCC1Br. The minimum Gasteiger partial charge on any atom is -0.494 e. The van der Waals surface area contributed by atoms with Gasteiger partial charge in [0.1, 0.15) is 5.75 Å². The number of halogens is 1. The van der Waals surface area contributed by atoms with Crippen molar-refractivity contribution in [3.8, 4) is 5.75 Å². The van der Waals surface area contributed by atoms with Crippen molar-refractivity contribution in [2.75, 3.05) is 26.2 Å². The number of hydrogen-bond acceptors (Lipinski definition) is 2. The first kappa shape index (κ1) is 13.9. The quantitative estimate of drug-likeness (QED) is 0.609. The van der Waals surface area contributed by atoms with E-state index in [0.29, 0.717) is 4.83 Å². The Balaban J connectivity index is 1.61. The first-order chi connectivity index (χ1) is 8.75. The predicted molar refractivity (Wildman–Crippen MR) is 79.5 cm³/mol. The van der Waals surface area contributed by atoms with E-state index in [1.807, 2.05) is 30.3 Å². The molecule has 1 fully saturated rings. The van der Waals surface area contributed by atoms with Gasteiger partial charge in [0, 0.05) is 17.9 Å². The maximum atomic E-state index is 5.71. The fourth-order valence-electron chi connectivity index (χ4n) is 2.40. The molecule has 0 aromatic heterocycles. The van der Waals surface area contributed by atoms with Crippen LogP contribution in [0.25, 0.3) is 0 Å². The number of nitrogens with zero attached hydrogens (tertiary/aromatic N) is 1. The molecule has 3 heteroatoms. The molecule has 0 radical (unpaired) electrons. The predicted octanol–water partition coefficient (Wildman–Crippen LogP) is 3.56. The van der Waals surface area contributed by atoms with Gasteiger partial charge >= 0.3 is 0 Å². The molecule has 2 nitrogen and oxygen atoms in total. The first-order valence-corrected chi connectivity index (χ1v) is 7.71. The fourth-order valence-corrected chi connectivity index (χ4v) is 2.77. The molecule has 2 rings (SSSR count). The molecule has 2 atom stereocenters. The second-order valence-electron chi connectivity index (χ2n) is 5.10. The van der Waals surface area contributed by atoms with Gasteiger partial charge in [-0.15, -0.1) is 0 Å². The van der Waals surface area contributed by atoms with Crippen molar-refractivity contribution >= 4 is 15.9 Å². The summed E-state index contributed by atoms with van der Waals surface area (Å²) in [6, 6.07) is 10.1. The lowest BCUT2D eigenvalue weighted by atomic mass is 10.00. The highest BCUT2D eigenvalue weighted by Crippen LogP contribution is 2.23. The second kappa shape index (κ2) is 7.15. The molecule has 100 valence electrons. The zero-order valence-corrected chi connectivity index (χ0v) is 12.6. The topological polar surface area (TPSA) is 12.5 Å². The van der Waals surface area contributed by atoms with Gasteiger partial charge < -0.3 is 9.64 Å². The summed E-state index contributed by atoms with van der Waals surface area (Å²) in [5.74, 6) is 1.74. The third kappa shape index (κ3) is 4.29. The van der Waals surface area contributed by atoms with Crippen molar-refractivity contribution in [3.63, 3.8) is 0 Å². The van der Waals surface area contributed by atoms with E-state index < -0.39 is 0 Å². The van der Waals surface area contributed by atoms with Gasteiger partial charge in [0.25, 0.3) is 0 Å². The Morgan fingerprint density at radius 1 is 1.33 bits per heavy atom. The minimum atomic E-state index is 0.703. The van der Waals surface area contributed by atoms with Crippen LogP contribution in [0.4, 0.5) is 0 Å². The third-order valence-electron chi connectivity index (χ3n) is 3.52. The highest BCUT2D eigenvalue weighted by Gasteiger charge is 2.23. The molecule has 0 aliphatic carbocycles. The Morgan fingerprint density at radius 3 is 2.83 bits per heavy atom. The van der Waals surface area contributed by atoms with Crippen LogP contribution in [0.2, 0.25) is 0 Å². The fraction of sp³-hybridized carbons (Fsp3) is 0.600. The summed E-state index contributed by atoms with van der Waals surface area (Å²) in [5, 5.41) is 0. The van der Waals surface area contributed by atoms with Gasteiger partial charge in [-0.1, -0.05) is 41.1 Å². The lowest BCUT2D eigenvalue weighted by molar-refractivity contribution is 0.176. The van der Waals surface area contributed by atoms with Crippen LogP contribution >= 0.6 is 15.9 Å². The maximum Gasteiger partial charge on any atom is 0.119 e. The zero-order valence-electron chi connectivity index (χ0n) is 11.0. The summed E-state index contributed by atoms with van der Waals surface area (Å²) >= 11 is 3.74. The largest absolute Gasteiger partial charge is 0.494 e. The van der Waals surface area contributed by atoms with E-state index in [4.69, 9.17) is 4.74 Å². The molecule has 1 aromatic rings. The second-order valence-corrected chi connectivity index (χ2v) is 6.27. The number of hydrogen-bond donors (Lipinski definition) is 0. The number of para-hydroxylation sites is 1. The number of likely N-dealkylation sites (tertiary alicyclic amines) is 1. The van der Waals surface area contributed by atoms with E-state index >= 15 is 0 Å². The van der Waals surface area contributed by atoms with Gasteiger partial charge in [-0.25, -0.2) is 0 Å². The summed E-state index contributed by atoms with van der Waals surface area (Å²) < 4.78 is 5.71. The Bertz CT molecular complexity index is 344. The Morgan fingerprint density at radius 2 is 2.11 bits per heavy atom. The lowest BCUT2D eigenvalue weighted by Gasteiger charge is -2.34. The van der Waals surface area contributed by atoms with Crippen molar-refractivity contribution < 1.29 is 4.74 Å². The van der Waals surface area contributed by atoms with Gasteiger partial charge in [-0.2, -0.15) is 0 Å². The van der Waals surface area contributed by atoms with Crippen LogP contribution in [-0.2, 0) is 0 Å². The molecule has 1 aliphatic heterocycles. The van der Waals surface area contributed by atoms with Gasteiger partial charge in [-0.3, -0.25) is 0 Å². The smallest absolute Gasteiger partial charge is 0.119 e. The van der Waals surface area contributed by atoms with E-state index in [1.54, 1.807) is 0 Å². The number of ether oxygens (including phenoxy) is 1. The van der Waals surface area contributed by atoms with E-state index in [1.165, 1.54) is 19.5 Å². The summed E-state index contributed by atoms with van der Waals surface area (Å²) in [5.41, 5.74) is 0. The van der Waals surface area contributed by atoms with Crippen molar-refractivity contribution in [2.45, 2.75) is 24.6 Å². The van der Waals surface area contributed by atoms with E-state index in [0.717, 1.165) is 31.2 Å². The van der Waals surface area contributed by atoms with E-state index in [-0.39, 0.29) is 0 Å². The molecule has 1 saturated heterocycles. The van der Waals surface area contributed by atoms with Gasteiger partial charge in [-0.05, 0) is 37.4 Å². The summed E-state index contributed by atoms with van der Waals surface area (Å²) in [7, 11) is 0. The normalized spacial score (nSPS) is 25.0. The minimum absolute atomic E-state index is 0.703. The standard InChI is InChI=1S/C15H22BrNO/c1-13-12-17(10-8-15(13)16)9-5-11-18-14-6-3-2-4-7-14/h2-4,6-7,13,15H,5,8-12H2,1H3. The molecule has 0 N–H and O–H groups in total. The summed E-state index contributed by atoms with van der Waals surface area (Å²) in [6.07, 6.45) is 2.37. The van der Waals surface area contributed by atoms with Crippen molar-refractivity contribution in [2.24, 2.45) is 5.92 Å². The Hall–Kier alpha value is -0.540. The van der Waals surface area contributed by atoms with Crippen molar-refractivity contribution in [3.05, 3.63) is 30.3 Å². The molecule has 1 aromatic carbocycles. The molecule has 0 bridgehead atoms. The number of piperidine rings is 1. The highest BCUT2D eigenvalue weighted by atomic mass is 79.9. The molecule has 1 aliphatic rings.